The predicted octanol–water partition coefficient (Wildman–Crippen LogP) is 0.613. The van der Waals surface area contributed by atoms with E-state index in [0.717, 1.165) is 0 Å². The first-order chi connectivity index (χ1) is 5.11. The number of ether oxygens (including phenoxy) is 1. The Hall–Kier alpha value is -1.38. The number of hydrogen-bond acceptors (Lipinski definition) is 3. The van der Waals surface area contributed by atoms with Crippen molar-refractivity contribution >= 4 is 11.8 Å². The van der Waals surface area contributed by atoms with Crippen molar-refractivity contribution in [3.05, 3.63) is 24.3 Å². The van der Waals surface area contributed by atoms with Crippen molar-refractivity contribution in [1.29, 1.82) is 0 Å². The number of carbonyl (C=O) groups is 2. The van der Waals surface area contributed by atoms with Crippen LogP contribution in [0, 0.1) is 0 Å². The molecule has 58 valence electrons. The number of hydrogen-bond donors (Lipinski definition) is 0. The fraction of sp³-hybridized carbons (Fsp3) is 0.250. The molecule has 0 aromatic heterocycles. The summed E-state index contributed by atoms with van der Waals surface area (Å²) in [5.41, 5.74) is 0.320. The average Bonchev–Trinajstić information content (AvgIpc) is 2.18. The average molecular weight is 152 g/mol. The van der Waals surface area contributed by atoms with Crippen molar-refractivity contribution in [2.75, 3.05) is 0 Å². The van der Waals surface area contributed by atoms with Crippen LogP contribution in [0.4, 0.5) is 0 Å². The molecular formula is C8H8O3. The Bertz CT molecular complexity index is 250. The SMILES string of the molecule is C=C1C(=O)C=CC1OC(C)=O. The zero-order valence-corrected chi connectivity index (χ0v) is 6.16. The van der Waals surface area contributed by atoms with Crippen LogP contribution >= 0.6 is 0 Å². The molecule has 3 nitrogen and oxygen atoms in total. The normalized spacial score (nSPS) is 22.5. The molecule has 3 heteroatoms. The lowest BCUT2D eigenvalue weighted by Gasteiger charge is -2.07. The van der Waals surface area contributed by atoms with Crippen LogP contribution < -0.4 is 0 Å². The molecule has 0 N–H and O–H groups in total. The quantitative estimate of drug-likeness (QED) is 0.408. The molecule has 1 aliphatic rings. The lowest BCUT2D eigenvalue weighted by Crippen LogP contribution is -2.14. The van der Waals surface area contributed by atoms with Crippen LogP contribution in [0.2, 0.25) is 0 Å². The van der Waals surface area contributed by atoms with E-state index in [-0.39, 0.29) is 5.78 Å². The molecule has 0 heterocycles. The van der Waals surface area contributed by atoms with Gasteiger partial charge in [-0.25, -0.2) is 0 Å². The lowest BCUT2D eigenvalue weighted by atomic mass is 10.2. The Morgan fingerprint density at radius 2 is 2.36 bits per heavy atom. The van der Waals surface area contributed by atoms with Crippen LogP contribution in [0.25, 0.3) is 0 Å². The van der Waals surface area contributed by atoms with Gasteiger partial charge in [0.2, 0.25) is 0 Å². The van der Waals surface area contributed by atoms with Crippen LogP contribution in [0.3, 0.4) is 0 Å². The van der Waals surface area contributed by atoms with Crippen LogP contribution in [-0.4, -0.2) is 17.9 Å². The van der Waals surface area contributed by atoms with Crippen LogP contribution in [0.5, 0.6) is 0 Å². The maximum atomic E-state index is 10.8. The molecule has 0 aromatic carbocycles. The van der Waals surface area contributed by atoms with Crippen molar-refractivity contribution in [2.45, 2.75) is 13.0 Å². The largest absolute Gasteiger partial charge is 0.453 e. The van der Waals surface area contributed by atoms with Gasteiger partial charge in [0.1, 0.15) is 6.10 Å². The summed E-state index contributed by atoms with van der Waals surface area (Å²) in [7, 11) is 0. The highest BCUT2D eigenvalue weighted by Crippen LogP contribution is 2.15. The summed E-state index contributed by atoms with van der Waals surface area (Å²) in [5.74, 6) is -0.577. The van der Waals surface area contributed by atoms with Crippen molar-refractivity contribution < 1.29 is 14.3 Å². The van der Waals surface area contributed by atoms with E-state index >= 15 is 0 Å². The third kappa shape index (κ3) is 1.55. The second-order valence-electron chi connectivity index (χ2n) is 2.28. The molecule has 0 bridgehead atoms. The van der Waals surface area contributed by atoms with Gasteiger partial charge in [-0.05, 0) is 12.2 Å². The fourth-order valence-electron chi connectivity index (χ4n) is 0.827. The van der Waals surface area contributed by atoms with Gasteiger partial charge in [0.25, 0.3) is 0 Å². The molecule has 0 amide bonds. The lowest BCUT2D eigenvalue weighted by molar-refractivity contribution is -0.142. The highest BCUT2D eigenvalue weighted by atomic mass is 16.5. The van der Waals surface area contributed by atoms with Crippen molar-refractivity contribution in [3.63, 3.8) is 0 Å². The number of esters is 1. The molecular weight excluding hydrogens is 144 g/mol. The number of allylic oxidation sites excluding steroid dienone is 1. The molecule has 0 spiro atoms. The maximum absolute atomic E-state index is 10.8. The molecule has 0 saturated carbocycles. The maximum Gasteiger partial charge on any atom is 0.303 e. The summed E-state index contributed by atoms with van der Waals surface area (Å²) in [6, 6.07) is 0. The first-order valence-electron chi connectivity index (χ1n) is 3.20. The fourth-order valence-corrected chi connectivity index (χ4v) is 0.827. The molecule has 0 radical (unpaired) electrons. The van der Waals surface area contributed by atoms with Gasteiger partial charge >= 0.3 is 5.97 Å². The summed E-state index contributed by atoms with van der Waals surface area (Å²) in [4.78, 5) is 21.2. The zero-order valence-electron chi connectivity index (χ0n) is 6.16. The third-order valence-electron chi connectivity index (χ3n) is 1.38. The monoisotopic (exact) mass is 152 g/mol. The highest BCUT2D eigenvalue weighted by molar-refractivity contribution is 6.07. The summed E-state index contributed by atoms with van der Waals surface area (Å²) in [5, 5.41) is 0. The van der Waals surface area contributed by atoms with E-state index in [2.05, 4.69) is 6.58 Å². The standard InChI is InChI=1S/C8H8O3/c1-5-7(10)3-4-8(5)11-6(2)9/h3-4,8H,1H2,2H3. The molecule has 1 rings (SSSR count). The second kappa shape index (κ2) is 2.70. The predicted molar refractivity (Wildman–Crippen MR) is 38.8 cm³/mol. The van der Waals surface area contributed by atoms with E-state index in [1.807, 2.05) is 0 Å². The first-order valence-corrected chi connectivity index (χ1v) is 3.20. The molecule has 0 aliphatic heterocycles. The molecule has 0 saturated heterocycles. The van der Waals surface area contributed by atoms with Gasteiger partial charge in [0.05, 0.1) is 0 Å². The second-order valence-corrected chi connectivity index (χ2v) is 2.28. The van der Waals surface area contributed by atoms with E-state index in [1.54, 1.807) is 0 Å². The minimum absolute atomic E-state index is 0.170. The minimum atomic E-state index is -0.542. The van der Waals surface area contributed by atoms with Crippen molar-refractivity contribution in [3.8, 4) is 0 Å². The number of rotatable bonds is 1. The molecule has 1 aliphatic carbocycles. The first kappa shape index (κ1) is 7.72. The van der Waals surface area contributed by atoms with E-state index < -0.39 is 12.1 Å². The van der Waals surface area contributed by atoms with E-state index in [4.69, 9.17) is 4.74 Å². The molecule has 0 fully saturated rings. The topological polar surface area (TPSA) is 43.4 Å². The van der Waals surface area contributed by atoms with Gasteiger partial charge in [-0.3, -0.25) is 9.59 Å². The number of carbonyl (C=O) groups excluding carboxylic acids is 2. The van der Waals surface area contributed by atoms with Crippen molar-refractivity contribution in [2.24, 2.45) is 0 Å². The number of ketones is 1. The van der Waals surface area contributed by atoms with Gasteiger partial charge in [-0.2, -0.15) is 0 Å². The van der Waals surface area contributed by atoms with E-state index in [1.165, 1.54) is 19.1 Å². The van der Waals surface area contributed by atoms with Gasteiger partial charge in [-0.1, -0.05) is 6.58 Å². The summed E-state index contributed by atoms with van der Waals surface area (Å²) < 4.78 is 4.75. The van der Waals surface area contributed by atoms with E-state index in [9.17, 15) is 9.59 Å². The molecule has 1 atom stereocenters. The van der Waals surface area contributed by atoms with E-state index in [0.29, 0.717) is 5.57 Å². The summed E-state index contributed by atoms with van der Waals surface area (Å²) >= 11 is 0. The third-order valence-corrected chi connectivity index (χ3v) is 1.38. The zero-order chi connectivity index (χ0) is 8.43. The van der Waals surface area contributed by atoms with Crippen LogP contribution in [0.15, 0.2) is 24.3 Å². The Balaban J connectivity index is 2.63. The highest BCUT2D eigenvalue weighted by Gasteiger charge is 2.22. The minimum Gasteiger partial charge on any atom is -0.453 e. The Kier molecular flexibility index (Phi) is 1.89. The van der Waals surface area contributed by atoms with Crippen molar-refractivity contribution in [1.82, 2.24) is 0 Å². The Labute approximate surface area is 64.3 Å². The van der Waals surface area contributed by atoms with Crippen LogP contribution in [-0.2, 0) is 14.3 Å². The van der Waals surface area contributed by atoms with Gasteiger partial charge in [0.15, 0.2) is 5.78 Å². The smallest absolute Gasteiger partial charge is 0.303 e. The molecule has 1 unspecified atom stereocenters. The van der Waals surface area contributed by atoms with Gasteiger partial charge < -0.3 is 4.74 Å². The Morgan fingerprint density at radius 1 is 1.73 bits per heavy atom. The van der Waals surface area contributed by atoms with Gasteiger partial charge in [-0.15, -0.1) is 0 Å². The van der Waals surface area contributed by atoms with Gasteiger partial charge in [0, 0.05) is 12.5 Å². The Morgan fingerprint density at radius 3 is 2.73 bits per heavy atom. The summed E-state index contributed by atoms with van der Waals surface area (Å²) in [6.07, 6.45) is 2.34. The summed E-state index contributed by atoms with van der Waals surface area (Å²) in [6.45, 7) is 4.78. The van der Waals surface area contributed by atoms with Crippen LogP contribution in [0.1, 0.15) is 6.92 Å². The molecule has 0 aromatic rings. The molecule has 11 heavy (non-hydrogen) atoms.